The van der Waals surface area contributed by atoms with Gasteiger partial charge in [-0.2, -0.15) is 0 Å². The second-order valence-corrected chi connectivity index (χ2v) is 3.86. The van der Waals surface area contributed by atoms with Crippen molar-refractivity contribution in [3.8, 4) is 0 Å². The summed E-state index contributed by atoms with van der Waals surface area (Å²) in [6, 6.07) is 0. The largest absolute Gasteiger partial charge is 0.469 e. The SMILES string of the molecule is C=C1[C@H](O)C[C@H](OC(C)=O)[C@@H]1CC(=O)OC. The molecule has 0 saturated heterocycles. The van der Waals surface area contributed by atoms with Gasteiger partial charge in [-0.05, 0) is 5.57 Å². The maximum absolute atomic E-state index is 11.2. The second-order valence-electron chi connectivity index (χ2n) is 3.86. The van der Waals surface area contributed by atoms with E-state index in [0.717, 1.165) is 0 Å². The van der Waals surface area contributed by atoms with Crippen LogP contribution in [0.4, 0.5) is 0 Å². The van der Waals surface area contributed by atoms with Crippen LogP contribution >= 0.6 is 0 Å². The van der Waals surface area contributed by atoms with Gasteiger partial charge < -0.3 is 14.6 Å². The molecule has 90 valence electrons. The summed E-state index contributed by atoms with van der Waals surface area (Å²) < 4.78 is 9.59. The summed E-state index contributed by atoms with van der Waals surface area (Å²) in [5, 5.41) is 9.59. The molecule has 5 nitrogen and oxygen atoms in total. The fourth-order valence-corrected chi connectivity index (χ4v) is 1.89. The van der Waals surface area contributed by atoms with Crippen LogP contribution in [0.2, 0.25) is 0 Å². The highest BCUT2D eigenvalue weighted by Crippen LogP contribution is 2.35. The van der Waals surface area contributed by atoms with Gasteiger partial charge in [-0.25, -0.2) is 0 Å². The van der Waals surface area contributed by atoms with E-state index in [4.69, 9.17) is 4.74 Å². The lowest BCUT2D eigenvalue weighted by Crippen LogP contribution is -2.24. The minimum atomic E-state index is -0.723. The number of aliphatic hydroxyl groups excluding tert-OH is 1. The molecule has 3 atom stereocenters. The van der Waals surface area contributed by atoms with Crippen LogP contribution in [0.5, 0.6) is 0 Å². The lowest BCUT2D eigenvalue weighted by Gasteiger charge is -2.18. The summed E-state index contributed by atoms with van der Waals surface area (Å²) in [5.74, 6) is -1.19. The third-order valence-electron chi connectivity index (χ3n) is 2.74. The number of aliphatic hydroxyl groups is 1. The van der Waals surface area contributed by atoms with Crippen LogP contribution < -0.4 is 0 Å². The molecule has 0 radical (unpaired) electrons. The quantitative estimate of drug-likeness (QED) is 0.559. The molecule has 1 N–H and O–H groups in total. The Morgan fingerprint density at radius 3 is 2.69 bits per heavy atom. The van der Waals surface area contributed by atoms with Gasteiger partial charge in [-0.3, -0.25) is 9.59 Å². The van der Waals surface area contributed by atoms with Crippen molar-refractivity contribution in [1.29, 1.82) is 0 Å². The maximum atomic E-state index is 11.2. The summed E-state index contributed by atoms with van der Waals surface area (Å²) in [7, 11) is 1.29. The third kappa shape index (κ3) is 2.82. The Labute approximate surface area is 94.0 Å². The van der Waals surface area contributed by atoms with Crippen molar-refractivity contribution < 1.29 is 24.2 Å². The van der Waals surface area contributed by atoms with Gasteiger partial charge in [-0.15, -0.1) is 0 Å². The first-order chi connectivity index (χ1) is 7.45. The number of hydrogen-bond donors (Lipinski definition) is 1. The Morgan fingerprint density at radius 1 is 1.56 bits per heavy atom. The first kappa shape index (κ1) is 12.7. The zero-order valence-corrected chi connectivity index (χ0v) is 9.43. The van der Waals surface area contributed by atoms with E-state index < -0.39 is 24.1 Å². The van der Waals surface area contributed by atoms with Crippen molar-refractivity contribution in [2.24, 2.45) is 5.92 Å². The van der Waals surface area contributed by atoms with Gasteiger partial charge in [0.25, 0.3) is 0 Å². The van der Waals surface area contributed by atoms with E-state index in [9.17, 15) is 14.7 Å². The normalized spacial score (nSPS) is 28.9. The topological polar surface area (TPSA) is 72.8 Å². The lowest BCUT2D eigenvalue weighted by atomic mass is 9.98. The Hall–Kier alpha value is -1.36. The molecule has 0 aromatic rings. The highest BCUT2D eigenvalue weighted by atomic mass is 16.5. The Balaban J connectivity index is 2.71. The lowest BCUT2D eigenvalue weighted by molar-refractivity contribution is -0.151. The van der Waals surface area contributed by atoms with Crippen molar-refractivity contribution in [3.05, 3.63) is 12.2 Å². The number of carbonyl (C=O) groups is 2. The first-order valence-electron chi connectivity index (χ1n) is 5.06. The Kier molecular flexibility index (Phi) is 4.06. The molecule has 1 aliphatic rings. The van der Waals surface area contributed by atoms with Gasteiger partial charge in [0.15, 0.2) is 0 Å². The van der Waals surface area contributed by atoms with E-state index in [-0.39, 0.29) is 12.3 Å². The molecule has 0 bridgehead atoms. The number of ether oxygens (including phenoxy) is 2. The smallest absolute Gasteiger partial charge is 0.306 e. The predicted molar refractivity (Wildman–Crippen MR) is 55.4 cm³/mol. The third-order valence-corrected chi connectivity index (χ3v) is 2.74. The Morgan fingerprint density at radius 2 is 2.19 bits per heavy atom. The van der Waals surface area contributed by atoms with Crippen LogP contribution in [0.3, 0.4) is 0 Å². The summed E-state index contributed by atoms with van der Waals surface area (Å²) in [5.41, 5.74) is 0.525. The van der Waals surface area contributed by atoms with E-state index in [1.54, 1.807) is 0 Å². The predicted octanol–water partition coefficient (Wildman–Crippen LogP) is 0.418. The van der Waals surface area contributed by atoms with Crippen molar-refractivity contribution in [2.45, 2.75) is 32.0 Å². The van der Waals surface area contributed by atoms with E-state index in [1.165, 1.54) is 14.0 Å². The monoisotopic (exact) mass is 228 g/mol. The number of methoxy groups -OCH3 is 1. The molecule has 5 heteroatoms. The van der Waals surface area contributed by atoms with Crippen LogP contribution in [0.1, 0.15) is 19.8 Å². The minimum Gasteiger partial charge on any atom is -0.469 e. The number of rotatable bonds is 3. The van der Waals surface area contributed by atoms with Crippen LogP contribution in [-0.4, -0.2) is 36.4 Å². The van der Waals surface area contributed by atoms with Crippen LogP contribution in [-0.2, 0) is 19.1 Å². The molecule has 1 rings (SSSR count). The van der Waals surface area contributed by atoms with Gasteiger partial charge in [-0.1, -0.05) is 6.58 Å². The van der Waals surface area contributed by atoms with Crippen molar-refractivity contribution >= 4 is 11.9 Å². The average molecular weight is 228 g/mol. The molecule has 0 aromatic carbocycles. The van der Waals surface area contributed by atoms with Gasteiger partial charge in [0, 0.05) is 19.3 Å². The molecule has 0 spiro atoms. The van der Waals surface area contributed by atoms with Crippen LogP contribution in [0, 0.1) is 5.92 Å². The molecular formula is C11H16O5. The zero-order chi connectivity index (χ0) is 12.3. The zero-order valence-electron chi connectivity index (χ0n) is 9.43. The van der Waals surface area contributed by atoms with Gasteiger partial charge in [0.1, 0.15) is 6.10 Å². The first-order valence-corrected chi connectivity index (χ1v) is 5.06. The fourth-order valence-electron chi connectivity index (χ4n) is 1.89. The molecule has 1 aliphatic carbocycles. The Bertz CT molecular complexity index is 309. The molecule has 0 aliphatic heterocycles. The second kappa shape index (κ2) is 5.12. The molecular weight excluding hydrogens is 212 g/mol. The fraction of sp³-hybridized carbons (Fsp3) is 0.636. The van der Waals surface area contributed by atoms with Gasteiger partial charge in [0.05, 0.1) is 19.6 Å². The molecule has 0 aromatic heterocycles. The summed E-state index contributed by atoms with van der Waals surface area (Å²) in [6.07, 6.45) is -0.845. The molecule has 1 saturated carbocycles. The highest BCUT2D eigenvalue weighted by molar-refractivity contribution is 5.70. The van der Waals surface area contributed by atoms with E-state index in [2.05, 4.69) is 11.3 Å². The summed E-state index contributed by atoms with van der Waals surface area (Å²) in [4.78, 5) is 22.0. The number of hydrogen-bond acceptors (Lipinski definition) is 5. The molecule has 16 heavy (non-hydrogen) atoms. The van der Waals surface area contributed by atoms with E-state index in [0.29, 0.717) is 12.0 Å². The molecule has 0 unspecified atom stereocenters. The van der Waals surface area contributed by atoms with Crippen LogP contribution in [0.25, 0.3) is 0 Å². The minimum absolute atomic E-state index is 0.0737. The summed E-state index contributed by atoms with van der Waals surface area (Å²) >= 11 is 0. The van der Waals surface area contributed by atoms with Crippen molar-refractivity contribution in [2.75, 3.05) is 7.11 Å². The summed E-state index contributed by atoms with van der Waals surface area (Å²) in [6.45, 7) is 5.01. The highest BCUT2D eigenvalue weighted by Gasteiger charge is 2.40. The van der Waals surface area contributed by atoms with Crippen molar-refractivity contribution in [3.63, 3.8) is 0 Å². The standard InChI is InChI=1S/C11H16O5/c1-6-8(4-11(14)15-3)10(5-9(6)13)16-7(2)12/h8-10,13H,1,4-5H2,2-3H3/t8-,9-,10+/m1/s1. The van der Waals surface area contributed by atoms with Crippen LogP contribution in [0.15, 0.2) is 12.2 Å². The van der Waals surface area contributed by atoms with Gasteiger partial charge >= 0.3 is 11.9 Å². The van der Waals surface area contributed by atoms with Crippen molar-refractivity contribution in [1.82, 2.24) is 0 Å². The molecule has 0 amide bonds. The number of carbonyl (C=O) groups excluding carboxylic acids is 2. The maximum Gasteiger partial charge on any atom is 0.306 e. The average Bonchev–Trinajstić information content (AvgIpc) is 2.45. The number of esters is 2. The van der Waals surface area contributed by atoms with Gasteiger partial charge in [0.2, 0.25) is 0 Å². The molecule has 0 heterocycles. The van der Waals surface area contributed by atoms with E-state index in [1.807, 2.05) is 0 Å². The molecule has 1 fully saturated rings. The van der Waals surface area contributed by atoms with E-state index >= 15 is 0 Å².